The van der Waals surface area contributed by atoms with Crippen molar-refractivity contribution in [3.05, 3.63) is 259 Å². The fraction of sp³-hybridized carbons (Fsp3) is 0.0909. The van der Waals surface area contributed by atoms with Gasteiger partial charge in [-0.15, -0.1) is 0 Å². The molecule has 0 radical (unpaired) electrons. The smallest absolute Gasteiger partial charge is 0.0462 e. The minimum absolute atomic E-state index is 0.0479. The van der Waals surface area contributed by atoms with Crippen molar-refractivity contribution in [1.82, 2.24) is 0 Å². The maximum Gasteiger partial charge on any atom is 0.0462 e. The summed E-state index contributed by atoms with van der Waals surface area (Å²) in [6.45, 7) is 9.44. The summed E-state index contributed by atoms with van der Waals surface area (Å²) in [7, 11) is 0. The van der Waals surface area contributed by atoms with Gasteiger partial charge in [0.25, 0.3) is 0 Å². The molecular formula is C66H51N. The van der Waals surface area contributed by atoms with Crippen molar-refractivity contribution in [2.24, 2.45) is 0 Å². The van der Waals surface area contributed by atoms with Crippen LogP contribution in [0.2, 0.25) is 0 Å². The molecule has 2 aliphatic carbocycles. The molecule has 320 valence electrons. The molecule has 0 bridgehead atoms. The lowest BCUT2D eigenvalue weighted by Crippen LogP contribution is -2.16. The van der Waals surface area contributed by atoms with Gasteiger partial charge in [0.05, 0.1) is 0 Å². The van der Waals surface area contributed by atoms with Crippen molar-refractivity contribution in [2.75, 3.05) is 4.90 Å². The summed E-state index contributed by atoms with van der Waals surface area (Å²) >= 11 is 0. The van der Waals surface area contributed by atoms with Crippen molar-refractivity contribution in [3.63, 3.8) is 0 Å². The molecule has 0 heterocycles. The van der Waals surface area contributed by atoms with E-state index in [1.807, 2.05) is 0 Å². The number of fused-ring (bicyclic) bond motifs is 6. The van der Waals surface area contributed by atoms with E-state index in [9.17, 15) is 0 Å². The van der Waals surface area contributed by atoms with E-state index in [4.69, 9.17) is 0 Å². The fourth-order valence-electron chi connectivity index (χ4n) is 11.2. The normalized spacial score (nSPS) is 13.6. The van der Waals surface area contributed by atoms with Gasteiger partial charge in [0.15, 0.2) is 0 Å². The summed E-state index contributed by atoms with van der Waals surface area (Å²) in [5.41, 5.74) is 26.4. The Kier molecular flexibility index (Phi) is 9.59. The third-order valence-electron chi connectivity index (χ3n) is 14.7. The van der Waals surface area contributed by atoms with Crippen LogP contribution in [-0.4, -0.2) is 0 Å². The van der Waals surface area contributed by atoms with Gasteiger partial charge in [0.1, 0.15) is 0 Å². The molecule has 0 unspecified atom stereocenters. The number of benzene rings is 10. The molecule has 1 nitrogen and oxygen atoms in total. The molecule has 67 heavy (non-hydrogen) atoms. The van der Waals surface area contributed by atoms with Crippen molar-refractivity contribution in [1.29, 1.82) is 0 Å². The lowest BCUT2D eigenvalue weighted by molar-refractivity contribution is 0.660. The van der Waals surface area contributed by atoms with Crippen LogP contribution in [0.1, 0.15) is 49.9 Å². The average molecular weight is 858 g/mol. The molecule has 10 aromatic carbocycles. The van der Waals surface area contributed by atoms with Crippen LogP contribution in [-0.2, 0) is 10.8 Å². The van der Waals surface area contributed by atoms with Gasteiger partial charge in [0, 0.05) is 27.9 Å². The summed E-state index contributed by atoms with van der Waals surface area (Å²) in [5, 5.41) is 0. The quantitative estimate of drug-likeness (QED) is 0.147. The third kappa shape index (κ3) is 6.85. The molecule has 0 fully saturated rings. The topological polar surface area (TPSA) is 3.24 Å². The van der Waals surface area contributed by atoms with Crippen LogP contribution in [0.5, 0.6) is 0 Å². The highest BCUT2D eigenvalue weighted by Gasteiger charge is 2.38. The van der Waals surface area contributed by atoms with E-state index in [1.54, 1.807) is 0 Å². The van der Waals surface area contributed by atoms with E-state index >= 15 is 0 Å². The zero-order chi connectivity index (χ0) is 45.3. The SMILES string of the molecule is CC1(C)c2ccccc2-c2ccc(-c3ccc(N(c4ccc(-c5ccc(-c6ccc(-c7ccccc7)cc6)cc5)cc4)c4ccc(-c5cccc6c5C(C)(C)c5ccccc5-6)cc4)cc3)cc21. The van der Waals surface area contributed by atoms with Crippen LogP contribution in [0.3, 0.4) is 0 Å². The molecule has 0 spiro atoms. The maximum atomic E-state index is 2.41. The Morgan fingerprint density at radius 1 is 0.239 bits per heavy atom. The summed E-state index contributed by atoms with van der Waals surface area (Å²) in [6.07, 6.45) is 0. The first-order valence-electron chi connectivity index (χ1n) is 23.6. The van der Waals surface area contributed by atoms with Crippen molar-refractivity contribution < 1.29 is 0 Å². The van der Waals surface area contributed by atoms with Gasteiger partial charge in [-0.2, -0.15) is 0 Å². The van der Waals surface area contributed by atoms with Crippen molar-refractivity contribution >= 4 is 17.1 Å². The Hall–Kier alpha value is -8.00. The number of anilines is 3. The first-order valence-corrected chi connectivity index (χ1v) is 23.6. The van der Waals surface area contributed by atoms with E-state index in [2.05, 4.69) is 269 Å². The Bertz CT molecular complexity index is 3450. The van der Waals surface area contributed by atoms with Crippen LogP contribution >= 0.6 is 0 Å². The van der Waals surface area contributed by atoms with Crippen molar-refractivity contribution in [3.8, 4) is 77.9 Å². The van der Waals surface area contributed by atoms with Gasteiger partial charge in [0.2, 0.25) is 0 Å². The summed E-state index contributed by atoms with van der Waals surface area (Å²) in [4.78, 5) is 2.39. The van der Waals surface area contributed by atoms with Gasteiger partial charge in [-0.25, -0.2) is 0 Å². The van der Waals surface area contributed by atoms with Gasteiger partial charge >= 0.3 is 0 Å². The highest BCUT2D eigenvalue weighted by atomic mass is 15.1. The molecule has 0 saturated carbocycles. The highest BCUT2D eigenvalue weighted by Crippen LogP contribution is 2.53. The summed E-state index contributed by atoms with van der Waals surface area (Å²) < 4.78 is 0. The van der Waals surface area contributed by atoms with E-state index in [0.29, 0.717) is 0 Å². The molecule has 12 rings (SSSR count). The molecule has 0 atom stereocenters. The molecule has 10 aromatic rings. The van der Waals surface area contributed by atoms with E-state index in [1.165, 1.54) is 100 Å². The number of hydrogen-bond donors (Lipinski definition) is 0. The lowest BCUT2D eigenvalue weighted by Gasteiger charge is -2.27. The highest BCUT2D eigenvalue weighted by molar-refractivity contribution is 5.90. The molecule has 0 amide bonds. The second-order valence-electron chi connectivity index (χ2n) is 19.3. The molecule has 0 aromatic heterocycles. The minimum Gasteiger partial charge on any atom is -0.311 e. The lowest BCUT2D eigenvalue weighted by atomic mass is 9.79. The Balaban J connectivity index is 0.874. The largest absolute Gasteiger partial charge is 0.311 e. The Morgan fingerprint density at radius 2 is 0.582 bits per heavy atom. The first-order chi connectivity index (χ1) is 32.7. The van der Waals surface area contributed by atoms with Crippen LogP contribution in [0.15, 0.2) is 237 Å². The van der Waals surface area contributed by atoms with Gasteiger partial charge in [-0.3, -0.25) is 0 Å². The average Bonchev–Trinajstić information content (AvgIpc) is 3.77. The zero-order valence-corrected chi connectivity index (χ0v) is 38.5. The van der Waals surface area contributed by atoms with Gasteiger partial charge < -0.3 is 4.90 Å². The third-order valence-corrected chi connectivity index (χ3v) is 14.7. The van der Waals surface area contributed by atoms with E-state index in [0.717, 1.165) is 17.1 Å². The predicted octanol–water partition coefficient (Wildman–Crippen LogP) is 18.1. The van der Waals surface area contributed by atoms with Gasteiger partial charge in [-0.05, 0) is 143 Å². The number of nitrogens with zero attached hydrogens (tertiary/aromatic N) is 1. The second kappa shape index (κ2) is 15.9. The molecule has 0 aliphatic heterocycles. The summed E-state index contributed by atoms with van der Waals surface area (Å²) in [6, 6.07) is 87.3. The Morgan fingerprint density at radius 3 is 1.10 bits per heavy atom. The zero-order valence-electron chi connectivity index (χ0n) is 38.5. The molecule has 2 aliphatic rings. The minimum atomic E-state index is -0.0935. The molecule has 0 N–H and O–H groups in total. The van der Waals surface area contributed by atoms with Crippen LogP contribution in [0, 0.1) is 0 Å². The van der Waals surface area contributed by atoms with Crippen LogP contribution in [0.25, 0.3) is 77.9 Å². The standard InChI is InChI=1S/C66H51N/c1-65(2)61-19-10-8-15-57(61)59-42-35-52(43-63(59)65)50-31-38-54(39-32-50)67(55-40-33-51(34-41-55)56-17-12-18-60-58-16-9-11-20-62(58)66(3,4)64(56)60)53-36-29-49(30-37-53)48-27-25-47(26-28-48)46-23-21-45(22-24-46)44-13-6-5-7-14-44/h5-43H,1-4H3. The van der Waals surface area contributed by atoms with Gasteiger partial charge in [-0.1, -0.05) is 222 Å². The second-order valence-corrected chi connectivity index (χ2v) is 19.3. The number of rotatable bonds is 8. The molecule has 1 heteroatoms. The molecule has 0 saturated heterocycles. The van der Waals surface area contributed by atoms with E-state index in [-0.39, 0.29) is 10.8 Å². The summed E-state index contributed by atoms with van der Waals surface area (Å²) in [5.74, 6) is 0. The van der Waals surface area contributed by atoms with Crippen LogP contribution < -0.4 is 4.90 Å². The monoisotopic (exact) mass is 857 g/mol. The predicted molar refractivity (Wildman–Crippen MR) is 283 cm³/mol. The first kappa shape index (κ1) is 40.5. The molecular weight excluding hydrogens is 807 g/mol. The fourth-order valence-corrected chi connectivity index (χ4v) is 11.2. The Labute approximate surface area is 395 Å². The number of hydrogen-bond acceptors (Lipinski definition) is 1. The van der Waals surface area contributed by atoms with E-state index < -0.39 is 0 Å². The van der Waals surface area contributed by atoms with Crippen molar-refractivity contribution in [2.45, 2.75) is 38.5 Å². The van der Waals surface area contributed by atoms with Crippen LogP contribution in [0.4, 0.5) is 17.1 Å². The maximum absolute atomic E-state index is 2.41.